The van der Waals surface area contributed by atoms with Crippen molar-refractivity contribution in [1.29, 1.82) is 0 Å². The van der Waals surface area contributed by atoms with Crippen LogP contribution in [0.5, 0.6) is 5.75 Å². The first-order valence-corrected chi connectivity index (χ1v) is 8.59. The van der Waals surface area contributed by atoms with Crippen LogP contribution >= 0.6 is 0 Å². The predicted octanol–water partition coefficient (Wildman–Crippen LogP) is 3.19. The topological polar surface area (TPSA) is 78.5 Å². The van der Waals surface area contributed by atoms with Crippen LogP contribution in [0.3, 0.4) is 0 Å². The molecule has 3 aromatic rings. The van der Waals surface area contributed by atoms with Gasteiger partial charge in [0, 0.05) is 24.4 Å². The van der Waals surface area contributed by atoms with Crippen molar-refractivity contribution in [2.75, 3.05) is 18.6 Å². The normalized spacial score (nSPS) is 14.1. The first-order valence-electron chi connectivity index (χ1n) is 8.59. The number of imide groups is 1. The molecule has 2 heterocycles. The Balaban J connectivity index is 1.53. The number of carbonyl (C=O) groups is 2. The molecule has 1 aromatic heterocycles. The fraction of sp³-hybridized carbons (Fsp3) is 0.150. The zero-order valence-electron chi connectivity index (χ0n) is 15.1. The summed E-state index contributed by atoms with van der Waals surface area (Å²) in [7, 11) is 1.44. The molecule has 1 aliphatic rings. The Kier molecular flexibility index (Phi) is 4.52. The molecule has 8 heteroatoms. The lowest BCUT2D eigenvalue weighted by molar-refractivity contribution is -0.116. The largest absolute Gasteiger partial charge is 0.497 e. The first-order chi connectivity index (χ1) is 13.5. The molecular weight excluding hydrogens is 363 g/mol. The van der Waals surface area contributed by atoms with Gasteiger partial charge in [-0.3, -0.25) is 9.89 Å². The third-order valence-electron chi connectivity index (χ3n) is 4.53. The number of rotatable bonds is 5. The number of aromatic amines is 1. The summed E-state index contributed by atoms with van der Waals surface area (Å²) in [6.07, 6.45) is 3.45. The van der Waals surface area contributed by atoms with E-state index in [-0.39, 0.29) is 19.0 Å². The van der Waals surface area contributed by atoms with Crippen LogP contribution in [0.1, 0.15) is 5.56 Å². The molecule has 0 saturated carbocycles. The van der Waals surface area contributed by atoms with E-state index in [1.807, 2.05) is 12.1 Å². The molecule has 2 aromatic carbocycles. The van der Waals surface area contributed by atoms with Crippen LogP contribution in [-0.4, -0.2) is 40.7 Å². The molecule has 7 nitrogen and oxygen atoms in total. The van der Waals surface area contributed by atoms with Crippen LogP contribution in [-0.2, 0) is 11.3 Å². The standard InChI is InChI=1S/C20H17FN4O3/c1-28-18-7-13(6-16(21)8-18)11-24-12-19(26)25(20(24)27)17-4-2-14(3-5-17)15-9-22-23-10-15/h2-10H,11-12H2,1H3,(H,22,23). The average Bonchev–Trinajstić information content (AvgIpc) is 3.30. The highest BCUT2D eigenvalue weighted by atomic mass is 19.1. The van der Waals surface area contributed by atoms with Gasteiger partial charge in [-0.2, -0.15) is 5.10 Å². The smallest absolute Gasteiger partial charge is 0.332 e. The van der Waals surface area contributed by atoms with Crippen molar-refractivity contribution < 1.29 is 18.7 Å². The van der Waals surface area contributed by atoms with Gasteiger partial charge >= 0.3 is 6.03 Å². The summed E-state index contributed by atoms with van der Waals surface area (Å²) < 4.78 is 18.7. The summed E-state index contributed by atoms with van der Waals surface area (Å²) >= 11 is 0. The fourth-order valence-electron chi connectivity index (χ4n) is 3.19. The highest BCUT2D eigenvalue weighted by Gasteiger charge is 2.37. The lowest BCUT2D eigenvalue weighted by Crippen LogP contribution is -2.32. The lowest BCUT2D eigenvalue weighted by atomic mass is 10.1. The van der Waals surface area contributed by atoms with Gasteiger partial charge in [0.05, 0.1) is 19.0 Å². The molecule has 0 atom stereocenters. The minimum Gasteiger partial charge on any atom is -0.497 e. The number of H-pyrrole nitrogens is 1. The van der Waals surface area contributed by atoms with Crippen LogP contribution in [0.4, 0.5) is 14.9 Å². The maximum atomic E-state index is 13.7. The predicted molar refractivity (Wildman–Crippen MR) is 100 cm³/mol. The zero-order valence-corrected chi connectivity index (χ0v) is 15.1. The fourth-order valence-corrected chi connectivity index (χ4v) is 3.19. The van der Waals surface area contributed by atoms with Crippen LogP contribution in [0.2, 0.25) is 0 Å². The van der Waals surface area contributed by atoms with E-state index < -0.39 is 11.8 Å². The van der Waals surface area contributed by atoms with Crippen molar-refractivity contribution in [3.8, 4) is 16.9 Å². The number of methoxy groups -OCH3 is 1. The molecule has 0 spiro atoms. The average molecular weight is 380 g/mol. The molecule has 0 aliphatic carbocycles. The summed E-state index contributed by atoms with van der Waals surface area (Å²) in [4.78, 5) is 27.7. The van der Waals surface area contributed by atoms with Gasteiger partial charge < -0.3 is 9.64 Å². The number of nitrogens with zero attached hydrogens (tertiary/aromatic N) is 3. The number of benzene rings is 2. The molecule has 1 saturated heterocycles. The number of ether oxygens (including phenoxy) is 1. The maximum Gasteiger partial charge on any atom is 0.332 e. The number of anilines is 1. The van der Waals surface area contributed by atoms with E-state index in [4.69, 9.17) is 4.74 Å². The molecular formula is C20H17FN4O3. The third kappa shape index (κ3) is 3.32. The number of aromatic nitrogens is 2. The van der Waals surface area contributed by atoms with Crippen LogP contribution in [0.25, 0.3) is 11.1 Å². The van der Waals surface area contributed by atoms with Gasteiger partial charge in [0.2, 0.25) is 0 Å². The SMILES string of the molecule is COc1cc(F)cc(CN2CC(=O)N(c3ccc(-c4cn[nH]c4)cc3)C2=O)c1. The number of amides is 3. The molecule has 1 aliphatic heterocycles. The van der Waals surface area contributed by atoms with E-state index in [1.165, 1.54) is 24.1 Å². The Morgan fingerprint density at radius 2 is 1.93 bits per heavy atom. The van der Waals surface area contributed by atoms with Gasteiger partial charge in [-0.25, -0.2) is 14.1 Å². The number of urea groups is 1. The highest BCUT2D eigenvalue weighted by molar-refractivity contribution is 6.19. The van der Waals surface area contributed by atoms with Gasteiger partial charge in [0.15, 0.2) is 0 Å². The minimum atomic E-state index is -0.459. The van der Waals surface area contributed by atoms with Crippen molar-refractivity contribution >= 4 is 17.6 Å². The van der Waals surface area contributed by atoms with Crippen LogP contribution < -0.4 is 9.64 Å². The Labute approximate surface area is 160 Å². The third-order valence-corrected chi connectivity index (χ3v) is 4.53. The minimum absolute atomic E-state index is 0.0683. The van der Waals surface area contributed by atoms with Crippen LogP contribution in [0.15, 0.2) is 54.9 Å². The van der Waals surface area contributed by atoms with Crippen molar-refractivity contribution in [3.05, 3.63) is 66.2 Å². The lowest BCUT2D eigenvalue weighted by Gasteiger charge is -2.18. The second kappa shape index (κ2) is 7.15. The number of hydrogen-bond donors (Lipinski definition) is 1. The highest BCUT2D eigenvalue weighted by Crippen LogP contribution is 2.27. The molecule has 1 fully saturated rings. The monoisotopic (exact) mass is 380 g/mol. The van der Waals surface area contributed by atoms with E-state index in [9.17, 15) is 14.0 Å². The van der Waals surface area contributed by atoms with Crippen molar-refractivity contribution in [2.24, 2.45) is 0 Å². The molecule has 3 amide bonds. The number of halogens is 1. The van der Waals surface area contributed by atoms with Gasteiger partial charge in [-0.1, -0.05) is 12.1 Å². The van der Waals surface area contributed by atoms with E-state index in [0.29, 0.717) is 17.0 Å². The van der Waals surface area contributed by atoms with Crippen molar-refractivity contribution in [2.45, 2.75) is 6.54 Å². The van der Waals surface area contributed by atoms with E-state index >= 15 is 0 Å². The molecule has 28 heavy (non-hydrogen) atoms. The number of carbonyl (C=O) groups excluding carboxylic acids is 2. The molecule has 0 radical (unpaired) electrons. The summed E-state index contributed by atoms with van der Waals surface area (Å²) in [5, 5.41) is 6.65. The first kappa shape index (κ1) is 17.7. The van der Waals surface area contributed by atoms with Gasteiger partial charge in [-0.15, -0.1) is 0 Å². The van der Waals surface area contributed by atoms with E-state index in [0.717, 1.165) is 16.0 Å². The van der Waals surface area contributed by atoms with E-state index in [2.05, 4.69) is 10.2 Å². The van der Waals surface area contributed by atoms with Crippen molar-refractivity contribution in [3.63, 3.8) is 0 Å². The Bertz CT molecular complexity index is 1020. The molecule has 1 N–H and O–H groups in total. The number of hydrogen-bond acceptors (Lipinski definition) is 4. The quantitative estimate of drug-likeness (QED) is 0.690. The van der Waals surface area contributed by atoms with E-state index in [1.54, 1.807) is 30.6 Å². The maximum absolute atomic E-state index is 13.7. The second-order valence-electron chi connectivity index (χ2n) is 6.40. The Morgan fingerprint density at radius 1 is 1.14 bits per heavy atom. The summed E-state index contributed by atoms with van der Waals surface area (Å²) in [6, 6.07) is 10.9. The summed E-state index contributed by atoms with van der Waals surface area (Å²) in [5.74, 6) is -0.428. The second-order valence-corrected chi connectivity index (χ2v) is 6.40. The molecule has 0 unspecified atom stereocenters. The van der Waals surface area contributed by atoms with Crippen molar-refractivity contribution in [1.82, 2.24) is 15.1 Å². The van der Waals surface area contributed by atoms with Gasteiger partial charge in [0.1, 0.15) is 18.1 Å². The summed E-state index contributed by atoms with van der Waals surface area (Å²) in [6.45, 7) is 0.0451. The zero-order chi connectivity index (χ0) is 19.7. The number of nitrogens with one attached hydrogen (secondary N) is 1. The molecule has 142 valence electrons. The van der Waals surface area contributed by atoms with Gasteiger partial charge in [-0.05, 0) is 35.4 Å². The van der Waals surface area contributed by atoms with Crippen LogP contribution in [0, 0.1) is 5.82 Å². The Morgan fingerprint density at radius 3 is 2.61 bits per heavy atom. The molecule has 4 rings (SSSR count). The summed E-state index contributed by atoms with van der Waals surface area (Å²) in [5.41, 5.74) is 2.87. The Hall–Kier alpha value is -3.68. The van der Waals surface area contributed by atoms with Gasteiger partial charge in [0.25, 0.3) is 5.91 Å². The molecule has 0 bridgehead atoms.